The van der Waals surface area contributed by atoms with Crippen LogP contribution in [0.25, 0.3) is 0 Å². The molecule has 1 saturated carbocycles. The Kier molecular flexibility index (Phi) is 2.89. The summed E-state index contributed by atoms with van der Waals surface area (Å²) in [6.45, 7) is 8.38. The van der Waals surface area contributed by atoms with Crippen molar-refractivity contribution in [2.75, 3.05) is 19.6 Å². The predicted octanol–water partition coefficient (Wildman–Crippen LogP) is 1.47. The van der Waals surface area contributed by atoms with Crippen molar-refractivity contribution >= 4 is 0 Å². The average Bonchev–Trinajstić information content (AvgIpc) is 2.86. The van der Waals surface area contributed by atoms with Gasteiger partial charge >= 0.3 is 0 Å². The van der Waals surface area contributed by atoms with Gasteiger partial charge in [-0.2, -0.15) is 0 Å². The Bertz CT molecular complexity index is 157. The van der Waals surface area contributed by atoms with Crippen LogP contribution in [0.2, 0.25) is 0 Å². The van der Waals surface area contributed by atoms with Crippen molar-refractivity contribution in [3.63, 3.8) is 0 Å². The predicted molar refractivity (Wildman–Crippen MR) is 55.8 cm³/mol. The number of likely N-dealkylation sites (N-methyl/N-ethyl adjacent to an activating group) is 1. The molecule has 2 heteroatoms. The van der Waals surface area contributed by atoms with Gasteiger partial charge in [-0.15, -0.1) is 0 Å². The SMILES string of the molecule is CCN(C1CCNC1)C(C)C1CC1. The van der Waals surface area contributed by atoms with E-state index in [4.69, 9.17) is 0 Å². The third-order valence-corrected chi connectivity index (χ3v) is 3.70. The van der Waals surface area contributed by atoms with Gasteiger partial charge in [0.25, 0.3) is 0 Å². The fraction of sp³-hybridized carbons (Fsp3) is 1.00. The van der Waals surface area contributed by atoms with E-state index in [1.165, 1.54) is 38.9 Å². The second-order valence-corrected chi connectivity index (χ2v) is 4.56. The first-order chi connectivity index (χ1) is 6.33. The van der Waals surface area contributed by atoms with E-state index in [-0.39, 0.29) is 0 Å². The molecule has 0 aromatic carbocycles. The zero-order valence-corrected chi connectivity index (χ0v) is 8.92. The molecular formula is C11H22N2. The van der Waals surface area contributed by atoms with Crippen molar-refractivity contribution in [1.29, 1.82) is 0 Å². The Morgan fingerprint density at radius 1 is 1.38 bits per heavy atom. The maximum absolute atomic E-state index is 3.46. The maximum atomic E-state index is 3.46. The molecule has 0 aromatic rings. The molecule has 2 unspecified atom stereocenters. The van der Waals surface area contributed by atoms with Gasteiger partial charge < -0.3 is 5.32 Å². The van der Waals surface area contributed by atoms with E-state index in [9.17, 15) is 0 Å². The molecule has 76 valence electrons. The highest BCUT2D eigenvalue weighted by Crippen LogP contribution is 2.36. The van der Waals surface area contributed by atoms with Gasteiger partial charge in [0.05, 0.1) is 0 Å². The van der Waals surface area contributed by atoms with Crippen molar-refractivity contribution < 1.29 is 0 Å². The Morgan fingerprint density at radius 3 is 2.62 bits per heavy atom. The highest BCUT2D eigenvalue weighted by molar-refractivity contribution is 4.90. The summed E-state index contributed by atoms with van der Waals surface area (Å²) in [7, 11) is 0. The molecule has 13 heavy (non-hydrogen) atoms. The number of nitrogens with one attached hydrogen (secondary N) is 1. The van der Waals surface area contributed by atoms with Gasteiger partial charge in [-0.25, -0.2) is 0 Å². The highest BCUT2D eigenvalue weighted by atomic mass is 15.2. The van der Waals surface area contributed by atoms with Crippen molar-refractivity contribution in [2.45, 2.75) is 45.2 Å². The lowest BCUT2D eigenvalue weighted by atomic mass is 10.1. The normalized spacial score (nSPS) is 31.2. The van der Waals surface area contributed by atoms with E-state index < -0.39 is 0 Å². The smallest absolute Gasteiger partial charge is 0.0235 e. The van der Waals surface area contributed by atoms with Crippen LogP contribution in [-0.2, 0) is 0 Å². The van der Waals surface area contributed by atoms with Gasteiger partial charge in [-0.3, -0.25) is 4.90 Å². The molecule has 0 amide bonds. The molecule has 0 aromatic heterocycles. The first-order valence-electron chi connectivity index (χ1n) is 5.79. The lowest BCUT2D eigenvalue weighted by Crippen LogP contribution is -2.43. The van der Waals surface area contributed by atoms with Crippen LogP contribution < -0.4 is 5.32 Å². The first-order valence-corrected chi connectivity index (χ1v) is 5.79. The zero-order valence-electron chi connectivity index (χ0n) is 8.92. The van der Waals surface area contributed by atoms with Crippen LogP contribution in [0.15, 0.2) is 0 Å². The van der Waals surface area contributed by atoms with Crippen LogP contribution in [0.3, 0.4) is 0 Å². The third kappa shape index (κ3) is 2.05. The summed E-state index contributed by atoms with van der Waals surface area (Å²) < 4.78 is 0. The molecule has 1 N–H and O–H groups in total. The van der Waals surface area contributed by atoms with Gasteiger partial charge in [-0.05, 0) is 45.2 Å². The quantitative estimate of drug-likeness (QED) is 0.708. The average molecular weight is 182 g/mol. The van der Waals surface area contributed by atoms with Gasteiger partial charge in [0, 0.05) is 18.6 Å². The van der Waals surface area contributed by atoms with Crippen LogP contribution >= 0.6 is 0 Å². The molecule has 1 aliphatic carbocycles. The van der Waals surface area contributed by atoms with Gasteiger partial charge in [0.15, 0.2) is 0 Å². The summed E-state index contributed by atoms with van der Waals surface area (Å²) >= 11 is 0. The van der Waals surface area contributed by atoms with Crippen molar-refractivity contribution in [3.05, 3.63) is 0 Å². The molecule has 2 aliphatic rings. The molecule has 2 rings (SSSR count). The maximum Gasteiger partial charge on any atom is 0.0235 e. The molecule has 0 spiro atoms. The second kappa shape index (κ2) is 3.97. The van der Waals surface area contributed by atoms with Crippen LogP contribution in [0.4, 0.5) is 0 Å². The molecule has 2 nitrogen and oxygen atoms in total. The van der Waals surface area contributed by atoms with Crippen molar-refractivity contribution in [1.82, 2.24) is 10.2 Å². The van der Waals surface area contributed by atoms with E-state index in [0.717, 1.165) is 18.0 Å². The standard InChI is InChI=1S/C11H22N2/c1-3-13(9(2)10-4-5-10)11-6-7-12-8-11/h9-12H,3-8H2,1-2H3. The van der Waals surface area contributed by atoms with Gasteiger partial charge in [0.1, 0.15) is 0 Å². The van der Waals surface area contributed by atoms with Crippen LogP contribution in [0, 0.1) is 5.92 Å². The lowest BCUT2D eigenvalue weighted by molar-refractivity contribution is 0.146. The monoisotopic (exact) mass is 182 g/mol. The van der Waals surface area contributed by atoms with Gasteiger partial charge in [-0.1, -0.05) is 6.92 Å². The highest BCUT2D eigenvalue weighted by Gasteiger charge is 2.34. The Balaban J connectivity index is 1.90. The first kappa shape index (κ1) is 9.47. The van der Waals surface area contributed by atoms with Crippen LogP contribution in [0.1, 0.15) is 33.1 Å². The minimum Gasteiger partial charge on any atom is -0.315 e. The fourth-order valence-electron chi connectivity index (χ4n) is 2.65. The fourth-order valence-corrected chi connectivity index (χ4v) is 2.65. The number of nitrogens with zero attached hydrogens (tertiary/aromatic N) is 1. The van der Waals surface area contributed by atoms with E-state index in [2.05, 4.69) is 24.1 Å². The molecule has 2 fully saturated rings. The summed E-state index contributed by atoms with van der Waals surface area (Å²) in [5.74, 6) is 1.01. The number of hydrogen-bond acceptors (Lipinski definition) is 2. The van der Waals surface area contributed by atoms with E-state index in [1.807, 2.05) is 0 Å². The molecule has 1 saturated heterocycles. The summed E-state index contributed by atoms with van der Waals surface area (Å²) in [5, 5.41) is 3.46. The second-order valence-electron chi connectivity index (χ2n) is 4.56. The Morgan fingerprint density at radius 2 is 2.15 bits per heavy atom. The van der Waals surface area contributed by atoms with Crippen molar-refractivity contribution in [2.24, 2.45) is 5.92 Å². The van der Waals surface area contributed by atoms with E-state index in [0.29, 0.717) is 0 Å². The zero-order chi connectivity index (χ0) is 9.26. The molecule has 1 aliphatic heterocycles. The third-order valence-electron chi connectivity index (χ3n) is 3.70. The summed E-state index contributed by atoms with van der Waals surface area (Å²) in [6, 6.07) is 1.65. The number of rotatable bonds is 4. The Hall–Kier alpha value is -0.0800. The molecule has 0 bridgehead atoms. The summed E-state index contributed by atoms with van der Waals surface area (Å²) in [6.07, 6.45) is 4.29. The number of hydrogen-bond donors (Lipinski definition) is 1. The van der Waals surface area contributed by atoms with Crippen LogP contribution in [0.5, 0.6) is 0 Å². The molecular weight excluding hydrogens is 160 g/mol. The minimum atomic E-state index is 0.820. The summed E-state index contributed by atoms with van der Waals surface area (Å²) in [4.78, 5) is 2.71. The van der Waals surface area contributed by atoms with Crippen molar-refractivity contribution in [3.8, 4) is 0 Å². The van der Waals surface area contributed by atoms with E-state index in [1.54, 1.807) is 0 Å². The molecule has 1 heterocycles. The van der Waals surface area contributed by atoms with Crippen LogP contribution in [-0.4, -0.2) is 36.6 Å². The van der Waals surface area contributed by atoms with Gasteiger partial charge in [0.2, 0.25) is 0 Å². The minimum absolute atomic E-state index is 0.820. The topological polar surface area (TPSA) is 15.3 Å². The Labute approximate surface area is 81.7 Å². The summed E-state index contributed by atoms with van der Waals surface area (Å²) in [5.41, 5.74) is 0. The lowest BCUT2D eigenvalue weighted by Gasteiger charge is -2.33. The molecule has 2 atom stereocenters. The molecule has 0 radical (unpaired) electrons. The van der Waals surface area contributed by atoms with E-state index >= 15 is 0 Å². The largest absolute Gasteiger partial charge is 0.315 e.